The molecule has 1 aromatic carbocycles. The topological polar surface area (TPSA) is 75.1 Å². The highest BCUT2D eigenvalue weighted by molar-refractivity contribution is 6.32. The minimum atomic E-state index is -4.89. The van der Waals surface area contributed by atoms with Gasteiger partial charge < -0.3 is 19.5 Å². The number of methoxy groups -OCH3 is 1. The van der Waals surface area contributed by atoms with Crippen molar-refractivity contribution in [2.45, 2.75) is 12.5 Å². The van der Waals surface area contributed by atoms with E-state index in [4.69, 9.17) is 21.1 Å². The largest absolute Gasteiger partial charge is 0.478 e. The molecule has 1 aliphatic heterocycles. The van der Waals surface area contributed by atoms with Gasteiger partial charge in [0.05, 0.1) is 17.8 Å². The molecule has 2 aromatic rings. The minimum Gasteiger partial charge on any atom is -0.478 e. The Hall–Kier alpha value is -3.05. The Morgan fingerprint density at radius 3 is 2.60 bits per heavy atom. The van der Waals surface area contributed by atoms with Crippen LogP contribution in [-0.2, 0) is 4.79 Å². The number of alkyl halides is 3. The van der Waals surface area contributed by atoms with Gasteiger partial charge in [0, 0.05) is 25.4 Å². The number of ether oxygens (including phenoxy) is 2. The lowest BCUT2D eigenvalue weighted by atomic mass is 10.2. The van der Waals surface area contributed by atoms with Gasteiger partial charge in [-0.3, -0.25) is 9.69 Å². The third-order valence-electron chi connectivity index (χ3n) is 4.16. The number of halogens is 5. The first-order valence-electron chi connectivity index (χ1n) is 8.23. The molecule has 3 rings (SSSR count). The van der Waals surface area contributed by atoms with Crippen molar-refractivity contribution < 1.29 is 36.9 Å². The van der Waals surface area contributed by atoms with E-state index >= 15 is 0 Å². The molecule has 1 aromatic heterocycles. The number of aliphatic hydroxyl groups is 1. The summed E-state index contributed by atoms with van der Waals surface area (Å²) >= 11 is 6.01. The highest BCUT2D eigenvalue weighted by atomic mass is 35.5. The van der Waals surface area contributed by atoms with Crippen LogP contribution in [-0.4, -0.2) is 47.6 Å². The Morgan fingerprint density at radius 2 is 1.97 bits per heavy atom. The van der Waals surface area contributed by atoms with E-state index < -0.39 is 35.6 Å². The average molecular weight is 448 g/mol. The molecule has 1 atom stereocenters. The van der Waals surface area contributed by atoms with Gasteiger partial charge in [0.2, 0.25) is 6.35 Å². The van der Waals surface area contributed by atoms with Crippen LogP contribution in [0.15, 0.2) is 42.2 Å². The van der Waals surface area contributed by atoms with Crippen molar-refractivity contribution in [3.63, 3.8) is 0 Å². The maximum absolute atomic E-state index is 14.6. The first-order chi connectivity index (χ1) is 14.0. The number of hydrogen-bond acceptors (Lipinski definition) is 6. The molecule has 7 nitrogen and oxygen atoms in total. The second-order valence-electron chi connectivity index (χ2n) is 6.04. The van der Waals surface area contributed by atoms with Crippen LogP contribution in [0.3, 0.4) is 0 Å². The van der Waals surface area contributed by atoms with E-state index in [0.717, 1.165) is 19.2 Å². The molecule has 0 fully saturated rings. The standard InChI is InChI=1S/C18H14ClF4N3O4/c1-25-14(18(21,22)23)8-15(27)26(17(25)28)11-7-13(9(19)6-10(11)20)30-12-4-3-5-24-16(12)29-2/h3-8,17,28H,1-2H3. The number of hydrogen-bond donors (Lipinski definition) is 1. The van der Waals surface area contributed by atoms with Crippen LogP contribution in [0.2, 0.25) is 5.02 Å². The lowest BCUT2D eigenvalue weighted by molar-refractivity contribution is -0.138. The van der Waals surface area contributed by atoms with Crippen molar-refractivity contribution in [3.8, 4) is 17.4 Å². The van der Waals surface area contributed by atoms with E-state index in [1.165, 1.54) is 25.4 Å². The third-order valence-corrected chi connectivity index (χ3v) is 4.45. The Morgan fingerprint density at radius 1 is 1.27 bits per heavy atom. The second kappa shape index (κ2) is 8.00. The van der Waals surface area contributed by atoms with Crippen molar-refractivity contribution in [1.29, 1.82) is 0 Å². The monoisotopic (exact) mass is 447 g/mol. The molecule has 30 heavy (non-hydrogen) atoms. The Bertz CT molecular complexity index is 1020. The highest BCUT2D eigenvalue weighted by Crippen LogP contribution is 2.40. The molecule has 0 saturated carbocycles. The van der Waals surface area contributed by atoms with Crippen LogP contribution < -0.4 is 14.4 Å². The first kappa shape index (κ1) is 21.7. The molecular weight excluding hydrogens is 434 g/mol. The Kier molecular flexibility index (Phi) is 5.77. The number of nitrogens with zero attached hydrogens (tertiary/aromatic N) is 3. The first-order valence-corrected chi connectivity index (χ1v) is 8.61. The van der Waals surface area contributed by atoms with Gasteiger partial charge in [0.15, 0.2) is 5.75 Å². The maximum Gasteiger partial charge on any atom is 0.431 e. The lowest BCUT2D eigenvalue weighted by Gasteiger charge is -2.39. The highest BCUT2D eigenvalue weighted by Gasteiger charge is 2.45. The number of amides is 1. The van der Waals surface area contributed by atoms with Crippen LogP contribution >= 0.6 is 11.6 Å². The van der Waals surface area contributed by atoms with Crippen LogP contribution in [0, 0.1) is 5.82 Å². The summed E-state index contributed by atoms with van der Waals surface area (Å²) in [6, 6.07) is 4.80. The normalized spacial score (nSPS) is 17.1. The Labute approximate surface area is 172 Å². The predicted molar refractivity (Wildman–Crippen MR) is 97.7 cm³/mol. The summed E-state index contributed by atoms with van der Waals surface area (Å²) in [5, 5.41) is 10.1. The summed E-state index contributed by atoms with van der Waals surface area (Å²) < 4.78 is 64.3. The molecule has 1 amide bonds. The molecule has 0 spiro atoms. The third kappa shape index (κ3) is 3.98. The number of allylic oxidation sites excluding steroid dienone is 1. The van der Waals surface area contributed by atoms with Gasteiger partial charge in [-0.2, -0.15) is 13.2 Å². The van der Waals surface area contributed by atoms with Crippen molar-refractivity contribution in [1.82, 2.24) is 9.88 Å². The van der Waals surface area contributed by atoms with E-state index in [1.54, 1.807) is 0 Å². The van der Waals surface area contributed by atoms with E-state index in [-0.39, 0.29) is 28.5 Å². The molecule has 2 heterocycles. The smallest absolute Gasteiger partial charge is 0.431 e. The molecule has 1 unspecified atom stereocenters. The van der Waals surface area contributed by atoms with E-state index in [0.29, 0.717) is 9.80 Å². The maximum atomic E-state index is 14.6. The Balaban J connectivity index is 2.04. The summed E-state index contributed by atoms with van der Waals surface area (Å²) in [5.74, 6) is -2.28. The fraction of sp³-hybridized carbons (Fsp3) is 0.222. The zero-order valence-corrected chi connectivity index (χ0v) is 16.2. The summed E-state index contributed by atoms with van der Waals surface area (Å²) in [5.41, 5.74) is -1.92. The van der Waals surface area contributed by atoms with Crippen molar-refractivity contribution in [2.24, 2.45) is 0 Å². The molecule has 0 aliphatic carbocycles. The average Bonchev–Trinajstić information content (AvgIpc) is 2.67. The van der Waals surface area contributed by atoms with E-state index in [9.17, 15) is 27.5 Å². The van der Waals surface area contributed by atoms with Gasteiger partial charge in [0.25, 0.3) is 11.8 Å². The predicted octanol–water partition coefficient (Wildman–Crippen LogP) is 3.68. The number of pyridine rings is 1. The number of carbonyl (C=O) groups is 1. The minimum absolute atomic E-state index is 0.0889. The van der Waals surface area contributed by atoms with E-state index in [2.05, 4.69) is 4.98 Å². The fourth-order valence-corrected chi connectivity index (χ4v) is 2.92. The molecule has 160 valence electrons. The second-order valence-corrected chi connectivity index (χ2v) is 6.45. The summed E-state index contributed by atoms with van der Waals surface area (Å²) in [6.45, 7) is 0. The lowest BCUT2D eigenvalue weighted by Crippen LogP contribution is -2.55. The van der Waals surface area contributed by atoms with Gasteiger partial charge in [-0.25, -0.2) is 9.37 Å². The van der Waals surface area contributed by atoms with Crippen LogP contribution in [0.25, 0.3) is 0 Å². The molecule has 1 N–H and O–H groups in total. The number of aromatic nitrogens is 1. The molecule has 0 radical (unpaired) electrons. The summed E-state index contributed by atoms with van der Waals surface area (Å²) in [6.07, 6.45) is -5.32. The van der Waals surface area contributed by atoms with Gasteiger partial charge in [0.1, 0.15) is 17.3 Å². The van der Waals surface area contributed by atoms with Crippen molar-refractivity contribution >= 4 is 23.2 Å². The SMILES string of the molecule is COc1ncccc1Oc1cc(N2C(=O)C=C(C(F)(F)F)N(C)C2O)c(F)cc1Cl. The zero-order chi connectivity index (χ0) is 22.2. The van der Waals surface area contributed by atoms with Crippen LogP contribution in [0.1, 0.15) is 0 Å². The fourth-order valence-electron chi connectivity index (χ4n) is 2.73. The molecular formula is C18H14ClF4N3O4. The molecule has 1 aliphatic rings. The number of aliphatic hydroxyl groups excluding tert-OH is 1. The van der Waals surface area contributed by atoms with E-state index in [1.807, 2.05) is 0 Å². The number of carbonyl (C=O) groups excluding carboxylic acids is 1. The molecule has 0 saturated heterocycles. The molecule has 0 bridgehead atoms. The van der Waals surface area contributed by atoms with Gasteiger partial charge >= 0.3 is 6.18 Å². The number of rotatable bonds is 4. The zero-order valence-electron chi connectivity index (χ0n) is 15.4. The quantitative estimate of drug-likeness (QED) is 0.721. The van der Waals surface area contributed by atoms with Gasteiger partial charge in [-0.15, -0.1) is 0 Å². The van der Waals surface area contributed by atoms with Crippen LogP contribution in [0.4, 0.5) is 23.2 Å². The van der Waals surface area contributed by atoms with Crippen molar-refractivity contribution in [2.75, 3.05) is 19.1 Å². The van der Waals surface area contributed by atoms with Gasteiger partial charge in [-0.1, -0.05) is 11.6 Å². The van der Waals surface area contributed by atoms with Crippen molar-refractivity contribution in [3.05, 3.63) is 53.1 Å². The summed E-state index contributed by atoms with van der Waals surface area (Å²) in [7, 11) is 2.26. The molecule has 12 heteroatoms. The van der Waals surface area contributed by atoms with Crippen LogP contribution in [0.5, 0.6) is 17.4 Å². The summed E-state index contributed by atoms with van der Waals surface area (Å²) in [4.78, 5) is 17.1. The number of anilines is 1. The van der Waals surface area contributed by atoms with Gasteiger partial charge in [-0.05, 0) is 18.2 Å². The number of benzene rings is 1.